The third kappa shape index (κ3) is 2.43. The summed E-state index contributed by atoms with van der Waals surface area (Å²) in [6, 6.07) is 6.29. The number of nitrogens with two attached hydrogens (primary N) is 1. The molecule has 5 atom stereocenters. The van der Waals surface area contributed by atoms with E-state index >= 15 is 0 Å². The molecule has 2 nitrogen and oxygen atoms in total. The molecule has 1 aromatic carbocycles. The van der Waals surface area contributed by atoms with Crippen LogP contribution in [-0.4, -0.2) is 5.11 Å². The van der Waals surface area contributed by atoms with E-state index in [0.29, 0.717) is 44.1 Å². The van der Waals surface area contributed by atoms with Crippen LogP contribution in [0.3, 0.4) is 0 Å². The van der Waals surface area contributed by atoms with Crippen molar-refractivity contribution in [1.82, 2.24) is 0 Å². The van der Waals surface area contributed by atoms with Gasteiger partial charge in [0, 0.05) is 0 Å². The van der Waals surface area contributed by atoms with Crippen LogP contribution in [0.15, 0.2) is 18.2 Å². The summed E-state index contributed by atoms with van der Waals surface area (Å²) < 4.78 is 0. The number of aromatic hydroxyl groups is 1. The summed E-state index contributed by atoms with van der Waals surface area (Å²) in [4.78, 5) is 0. The highest BCUT2D eigenvalue weighted by molar-refractivity contribution is 5.54. The average molecular weight is 434 g/mol. The molecule has 0 amide bonds. The highest BCUT2D eigenvalue weighted by atomic mass is 16.3. The van der Waals surface area contributed by atoms with Crippen molar-refractivity contribution < 1.29 is 5.11 Å². The second-order valence-electron chi connectivity index (χ2n) is 15.7. The summed E-state index contributed by atoms with van der Waals surface area (Å²) in [6.45, 7) is 10.6. The van der Waals surface area contributed by atoms with Gasteiger partial charge in [0.05, 0.1) is 5.69 Å². The lowest BCUT2D eigenvalue weighted by Gasteiger charge is -2.78. The van der Waals surface area contributed by atoms with Crippen molar-refractivity contribution in [2.45, 2.75) is 104 Å². The lowest BCUT2D eigenvalue weighted by molar-refractivity contribution is -0.274. The topological polar surface area (TPSA) is 46.2 Å². The van der Waals surface area contributed by atoms with Crippen LogP contribution in [0.5, 0.6) is 5.75 Å². The minimum atomic E-state index is 0.250. The van der Waals surface area contributed by atoms with Gasteiger partial charge in [0.25, 0.3) is 0 Å². The van der Waals surface area contributed by atoms with Crippen LogP contribution in [-0.2, 0) is 0 Å². The number of nitrogen functional groups attached to an aromatic ring is 1. The third-order valence-electron chi connectivity index (χ3n) is 12.0. The van der Waals surface area contributed by atoms with Crippen LogP contribution in [0, 0.1) is 44.3 Å². The molecular formula is C30H43NO. The van der Waals surface area contributed by atoms with E-state index in [-0.39, 0.29) is 5.75 Å². The van der Waals surface area contributed by atoms with Crippen molar-refractivity contribution in [1.29, 1.82) is 0 Å². The van der Waals surface area contributed by atoms with E-state index in [1.165, 1.54) is 76.2 Å². The number of benzene rings is 1. The lowest BCUT2D eigenvalue weighted by atomic mass is 9.26. The van der Waals surface area contributed by atoms with Crippen molar-refractivity contribution in [2.75, 3.05) is 5.73 Å². The maximum absolute atomic E-state index is 10.2. The summed E-state index contributed by atoms with van der Waals surface area (Å²) in [6.07, 6.45) is 15.9. The van der Waals surface area contributed by atoms with E-state index in [2.05, 4.69) is 39.8 Å². The molecule has 2 heteroatoms. The van der Waals surface area contributed by atoms with Gasteiger partial charge in [-0.3, -0.25) is 0 Å². The Balaban J connectivity index is 1.45. The molecule has 1 aromatic rings. The molecular weight excluding hydrogens is 390 g/mol. The molecule has 0 radical (unpaired) electrons. The number of hydrogen-bond donors (Lipinski definition) is 2. The van der Waals surface area contributed by atoms with Crippen molar-refractivity contribution >= 4 is 5.69 Å². The molecule has 9 rings (SSSR count). The van der Waals surface area contributed by atoms with Crippen LogP contribution in [0.1, 0.15) is 110 Å². The second kappa shape index (κ2) is 5.55. The van der Waals surface area contributed by atoms with Crippen molar-refractivity contribution in [2.24, 2.45) is 44.3 Å². The number of phenolic OH excluding ortho intramolecular Hbond substituents is 1. The SMILES string of the molecule is CC12CC3CC(C)(C1)CC(C14CC5(C)CC(CC(C)(C5)C1)C4c1ccc(O)c(N)c1)(C3)C2. The van der Waals surface area contributed by atoms with Gasteiger partial charge < -0.3 is 10.8 Å². The fourth-order valence-electron chi connectivity index (χ4n) is 13.3. The Morgan fingerprint density at radius 1 is 0.750 bits per heavy atom. The van der Waals surface area contributed by atoms with E-state index < -0.39 is 0 Å². The minimum Gasteiger partial charge on any atom is -0.506 e. The van der Waals surface area contributed by atoms with Gasteiger partial charge >= 0.3 is 0 Å². The molecule has 5 unspecified atom stereocenters. The molecule has 0 saturated heterocycles. The molecule has 0 spiro atoms. The number of phenols is 1. The maximum Gasteiger partial charge on any atom is 0.138 e. The van der Waals surface area contributed by atoms with Crippen LogP contribution in [0.2, 0.25) is 0 Å². The first kappa shape index (κ1) is 20.2. The predicted octanol–water partition coefficient (Wildman–Crippen LogP) is 7.66. The van der Waals surface area contributed by atoms with Gasteiger partial charge in [-0.05, 0) is 139 Å². The van der Waals surface area contributed by atoms with Crippen LogP contribution in [0.25, 0.3) is 0 Å². The van der Waals surface area contributed by atoms with Crippen molar-refractivity contribution in [3.63, 3.8) is 0 Å². The van der Waals surface area contributed by atoms with Gasteiger partial charge in [-0.25, -0.2) is 0 Å². The molecule has 8 saturated carbocycles. The van der Waals surface area contributed by atoms with Crippen molar-refractivity contribution in [3.8, 4) is 5.75 Å². The Bertz CT molecular complexity index is 974. The first-order chi connectivity index (χ1) is 14.9. The van der Waals surface area contributed by atoms with Gasteiger partial charge in [-0.1, -0.05) is 33.8 Å². The maximum atomic E-state index is 10.2. The van der Waals surface area contributed by atoms with E-state index in [4.69, 9.17) is 5.73 Å². The van der Waals surface area contributed by atoms with Crippen LogP contribution in [0.4, 0.5) is 5.69 Å². The van der Waals surface area contributed by atoms with Gasteiger partial charge in [-0.15, -0.1) is 0 Å². The molecule has 0 aromatic heterocycles. The van der Waals surface area contributed by atoms with E-state index in [1.54, 1.807) is 0 Å². The Morgan fingerprint density at radius 2 is 1.31 bits per heavy atom. The number of anilines is 1. The Morgan fingerprint density at radius 3 is 1.84 bits per heavy atom. The van der Waals surface area contributed by atoms with E-state index in [9.17, 15) is 5.11 Å². The van der Waals surface area contributed by atoms with Gasteiger partial charge in [0.1, 0.15) is 5.75 Å². The zero-order valence-electron chi connectivity index (χ0n) is 20.8. The Hall–Kier alpha value is -1.18. The zero-order valence-corrected chi connectivity index (χ0v) is 20.8. The highest BCUT2D eigenvalue weighted by Crippen LogP contribution is 2.84. The monoisotopic (exact) mass is 433 g/mol. The van der Waals surface area contributed by atoms with Gasteiger partial charge in [0.2, 0.25) is 0 Å². The summed E-state index contributed by atoms with van der Waals surface area (Å²) in [5.74, 6) is 2.59. The fourth-order valence-corrected chi connectivity index (χ4v) is 13.3. The fraction of sp³-hybridized carbons (Fsp3) is 0.800. The quantitative estimate of drug-likeness (QED) is 0.371. The first-order valence-electron chi connectivity index (χ1n) is 13.5. The van der Waals surface area contributed by atoms with E-state index in [0.717, 1.165) is 11.8 Å². The average Bonchev–Trinajstić information content (AvgIpc) is 2.59. The molecule has 174 valence electrons. The molecule has 8 aliphatic rings. The third-order valence-corrected chi connectivity index (χ3v) is 12.0. The predicted molar refractivity (Wildman–Crippen MR) is 130 cm³/mol. The lowest BCUT2D eigenvalue weighted by Crippen LogP contribution is -2.69. The summed E-state index contributed by atoms with van der Waals surface area (Å²) in [5.41, 5.74) is 11.4. The number of hydrogen-bond acceptors (Lipinski definition) is 2. The van der Waals surface area contributed by atoms with Gasteiger partial charge in [0.15, 0.2) is 0 Å². The summed E-state index contributed by atoms with van der Waals surface area (Å²) >= 11 is 0. The molecule has 32 heavy (non-hydrogen) atoms. The standard InChI is InChI=1S/C30H43NO/c1-25-8-19-9-26(2,13-25)16-29(10-19,15-25)30-17-27(3)11-21(12-28(4,14-27)18-30)24(30)20-5-6-23(32)22(31)7-20/h5-7,19,21,24,32H,8-18,31H2,1-4H3. The molecule has 8 bridgehead atoms. The normalized spacial score (nSPS) is 57.3. The molecule has 0 aliphatic heterocycles. The summed E-state index contributed by atoms with van der Waals surface area (Å²) in [7, 11) is 0. The molecule has 3 N–H and O–H groups in total. The second-order valence-corrected chi connectivity index (χ2v) is 15.7. The minimum absolute atomic E-state index is 0.250. The molecule has 8 aliphatic carbocycles. The van der Waals surface area contributed by atoms with Crippen LogP contribution >= 0.6 is 0 Å². The van der Waals surface area contributed by atoms with Crippen LogP contribution < -0.4 is 5.73 Å². The zero-order chi connectivity index (χ0) is 22.4. The Labute approximate surface area is 194 Å². The number of rotatable bonds is 2. The molecule has 8 fully saturated rings. The largest absolute Gasteiger partial charge is 0.506 e. The summed E-state index contributed by atoms with van der Waals surface area (Å²) in [5, 5.41) is 10.2. The van der Waals surface area contributed by atoms with Crippen molar-refractivity contribution in [3.05, 3.63) is 23.8 Å². The first-order valence-corrected chi connectivity index (χ1v) is 13.5. The van der Waals surface area contributed by atoms with E-state index in [1.807, 2.05) is 6.07 Å². The molecule has 0 heterocycles. The van der Waals surface area contributed by atoms with Gasteiger partial charge in [-0.2, -0.15) is 0 Å². The highest BCUT2D eigenvalue weighted by Gasteiger charge is 2.74. The smallest absolute Gasteiger partial charge is 0.138 e. The Kier molecular flexibility index (Phi) is 3.50.